The van der Waals surface area contributed by atoms with Gasteiger partial charge < -0.3 is 10.1 Å². The molecule has 3 rings (SSSR count). The fraction of sp³-hybridized carbons (Fsp3) is 0.412. The van der Waals surface area contributed by atoms with Crippen LogP contribution in [0.1, 0.15) is 40.6 Å². The number of pyridine rings is 1. The van der Waals surface area contributed by atoms with Gasteiger partial charge in [0.2, 0.25) is 0 Å². The largest absolute Gasteiger partial charge is 0.381 e. The quantitative estimate of drug-likeness (QED) is 0.935. The molecule has 6 heteroatoms. The molecule has 0 radical (unpaired) electrons. The van der Waals surface area contributed by atoms with E-state index in [0.29, 0.717) is 11.6 Å². The average molecular weight is 312 g/mol. The summed E-state index contributed by atoms with van der Waals surface area (Å²) in [4.78, 5) is 25.0. The van der Waals surface area contributed by atoms with Crippen LogP contribution < -0.4 is 5.32 Å². The van der Waals surface area contributed by atoms with E-state index in [4.69, 9.17) is 4.74 Å². The van der Waals surface area contributed by atoms with Gasteiger partial charge in [-0.1, -0.05) is 6.07 Å². The van der Waals surface area contributed by atoms with Crippen LogP contribution in [-0.2, 0) is 4.74 Å². The Morgan fingerprint density at radius 1 is 1.26 bits per heavy atom. The second kappa shape index (κ2) is 7.28. The number of nitrogens with one attached hydrogen (secondary N) is 1. The highest BCUT2D eigenvalue weighted by atomic mass is 16.5. The first kappa shape index (κ1) is 15.6. The van der Waals surface area contributed by atoms with Crippen molar-refractivity contribution < 1.29 is 9.53 Å². The topological polar surface area (TPSA) is 77.0 Å². The number of ether oxygens (including phenoxy) is 1. The first-order valence-electron chi connectivity index (χ1n) is 7.81. The monoisotopic (exact) mass is 312 g/mol. The highest BCUT2D eigenvalue weighted by molar-refractivity contribution is 5.92. The van der Waals surface area contributed by atoms with Gasteiger partial charge in [0, 0.05) is 31.8 Å². The minimum atomic E-state index is -0.210. The highest BCUT2D eigenvalue weighted by Crippen LogP contribution is 2.29. The minimum Gasteiger partial charge on any atom is -0.381 e. The average Bonchev–Trinajstić information content (AvgIpc) is 2.61. The maximum Gasteiger partial charge on any atom is 0.271 e. The number of rotatable bonds is 4. The van der Waals surface area contributed by atoms with Gasteiger partial charge in [-0.25, -0.2) is 4.98 Å². The number of carbonyl (C=O) groups excluding carboxylic acids is 1. The van der Waals surface area contributed by atoms with E-state index in [-0.39, 0.29) is 11.9 Å². The Morgan fingerprint density at radius 2 is 2.09 bits per heavy atom. The first-order chi connectivity index (χ1) is 11.2. The van der Waals surface area contributed by atoms with Crippen LogP contribution in [0.3, 0.4) is 0 Å². The molecule has 0 spiro atoms. The zero-order chi connectivity index (χ0) is 16.1. The minimum absolute atomic E-state index is 0.0943. The summed E-state index contributed by atoms with van der Waals surface area (Å²) in [5, 5.41) is 3.10. The van der Waals surface area contributed by atoms with E-state index in [1.807, 2.05) is 19.1 Å². The summed E-state index contributed by atoms with van der Waals surface area (Å²) in [5.41, 5.74) is 2.12. The molecule has 1 aliphatic heterocycles. The van der Waals surface area contributed by atoms with Crippen molar-refractivity contribution in [3.05, 3.63) is 53.9 Å². The number of amides is 1. The number of nitrogens with zero attached hydrogens (tertiary/aromatic N) is 3. The molecule has 2 aromatic heterocycles. The molecule has 1 atom stereocenters. The standard InChI is InChI=1S/C17H20N4O2/c1-12-9-20-15(11-19-12)17(22)21-16(13-4-7-23-8-5-13)14-3-2-6-18-10-14/h2-3,6,9-11,13,16H,4-5,7-8H2,1H3,(H,21,22). The number of aryl methyl sites for hydroxylation is 1. The van der Waals surface area contributed by atoms with E-state index < -0.39 is 0 Å². The lowest BCUT2D eigenvalue weighted by atomic mass is 9.87. The smallest absolute Gasteiger partial charge is 0.271 e. The van der Waals surface area contributed by atoms with Crippen molar-refractivity contribution in [3.8, 4) is 0 Å². The fourth-order valence-electron chi connectivity index (χ4n) is 2.81. The third-order valence-corrected chi connectivity index (χ3v) is 4.08. The molecule has 1 N–H and O–H groups in total. The number of hydrogen-bond donors (Lipinski definition) is 1. The number of aromatic nitrogens is 3. The van der Waals surface area contributed by atoms with Crippen molar-refractivity contribution >= 4 is 5.91 Å². The van der Waals surface area contributed by atoms with Crippen LogP contribution in [0.4, 0.5) is 0 Å². The Balaban J connectivity index is 1.80. The maximum absolute atomic E-state index is 12.5. The van der Waals surface area contributed by atoms with Gasteiger partial charge in [0.1, 0.15) is 5.69 Å². The van der Waals surface area contributed by atoms with Crippen LogP contribution in [0.15, 0.2) is 36.9 Å². The fourth-order valence-corrected chi connectivity index (χ4v) is 2.81. The summed E-state index contributed by atoms with van der Waals surface area (Å²) in [5.74, 6) is 0.119. The van der Waals surface area contributed by atoms with E-state index >= 15 is 0 Å². The van der Waals surface area contributed by atoms with E-state index in [2.05, 4.69) is 20.3 Å². The van der Waals surface area contributed by atoms with Gasteiger partial charge >= 0.3 is 0 Å². The van der Waals surface area contributed by atoms with Gasteiger partial charge in [0.25, 0.3) is 5.91 Å². The predicted molar refractivity (Wildman–Crippen MR) is 84.8 cm³/mol. The summed E-state index contributed by atoms with van der Waals surface area (Å²) >= 11 is 0. The molecule has 0 aromatic carbocycles. The molecular weight excluding hydrogens is 292 g/mol. The molecule has 1 unspecified atom stereocenters. The van der Waals surface area contributed by atoms with Crippen molar-refractivity contribution in [2.45, 2.75) is 25.8 Å². The lowest BCUT2D eigenvalue weighted by Crippen LogP contribution is -2.36. The molecule has 2 aromatic rings. The van der Waals surface area contributed by atoms with Gasteiger partial charge in [0.05, 0.1) is 17.9 Å². The normalized spacial score (nSPS) is 16.7. The molecule has 0 saturated carbocycles. The van der Waals surface area contributed by atoms with Crippen LogP contribution in [0, 0.1) is 12.8 Å². The molecule has 6 nitrogen and oxygen atoms in total. The SMILES string of the molecule is Cc1cnc(C(=O)NC(c2cccnc2)C2CCOCC2)cn1. The molecule has 1 aliphatic rings. The molecule has 3 heterocycles. The van der Waals surface area contributed by atoms with E-state index in [9.17, 15) is 4.79 Å². The molecule has 1 saturated heterocycles. The van der Waals surface area contributed by atoms with Crippen molar-refractivity contribution in [3.63, 3.8) is 0 Å². The van der Waals surface area contributed by atoms with Gasteiger partial charge in [-0.05, 0) is 37.3 Å². The number of carbonyl (C=O) groups is 1. The summed E-state index contributed by atoms with van der Waals surface area (Å²) in [7, 11) is 0. The molecule has 1 amide bonds. The summed E-state index contributed by atoms with van der Waals surface area (Å²) in [6.07, 6.45) is 8.48. The van der Waals surface area contributed by atoms with Gasteiger partial charge in [-0.15, -0.1) is 0 Å². The molecule has 120 valence electrons. The Labute approximate surface area is 135 Å². The third kappa shape index (κ3) is 3.90. The van der Waals surface area contributed by atoms with Crippen LogP contribution in [-0.4, -0.2) is 34.1 Å². The van der Waals surface area contributed by atoms with E-state index in [0.717, 1.165) is 37.3 Å². The third-order valence-electron chi connectivity index (χ3n) is 4.08. The Bertz CT molecular complexity index is 639. The Kier molecular flexibility index (Phi) is 4.92. The van der Waals surface area contributed by atoms with Gasteiger partial charge in [-0.2, -0.15) is 0 Å². The molecular formula is C17H20N4O2. The highest BCUT2D eigenvalue weighted by Gasteiger charge is 2.27. The van der Waals surface area contributed by atoms with Crippen molar-refractivity contribution in [1.82, 2.24) is 20.3 Å². The Morgan fingerprint density at radius 3 is 2.74 bits per heavy atom. The zero-order valence-corrected chi connectivity index (χ0v) is 13.1. The van der Waals surface area contributed by atoms with Crippen LogP contribution in [0.5, 0.6) is 0 Å². The predicted octanol–water partition coefficient (Wildman–Crippen LogP) is 2.08. The molecule has 0 bridgehead atoms. The summed E-state index contributed by atoms with van der Waals surface area (Å²) in [6, 6.07) is 3.79. The van der Waals surface area contributed by atoms with Crippen LogP contribution in [0.25, 0.3) is 0 Å². The lowest BCUT2D eigenvalue weighted by Gasteiger charge is -2.31. The zero-order valence-electron chi connectivity index (χ0n) is 13.1. The van der Waals surface area contributed by atoms with E-state index in [1.165, 1.54) is 6.20 Å². The van der Waals surface area contributed by atoms with Crippen LogP contribution >= 0.6 is 0 Å². The molecule has 0 aliphatic carbocycles. The summed E-state index contributed by atoms with van der Waals surface area (Å²) in [6.45, 7) is 3.29. The number of hydrogen-bond acceptors (Lipinski definition) is 5. The lowest BCUT2D eigenvalue weighted by molar-refractivity contribution is 0.0512. The van der Waals surface area contributed by atoms with Crippen molar-refractivity contribution in [2.24, 2.45) is 5.92 Å². The van der Waals surface area contributed by atoms with Crippen LogP contribution in [0.2, 0.25) is 0 Å². The summed E-state index contributed by atoms with van der Waals surface area (Å²) < 4.78 is 5.44. The van der Waals surface area contributed by atoms with Gasteiger partial charge in [-0.3, -0.25) is 14.8 Å². The molecule has 23 heavy (non-hydrogen) atoms. The van der Waals surface area contributed by atoms with E-state index in [1.54, 1.807) is 18.6 Å². The molecule has 1 fully saturated rings. The van der Waals surface area contributed by atoms with Gasteiger partial charge in [0.15, 0.2) is 0 Å². The Hall–Kier alpha value is -2.34. The second-order valence-electron chi connectivity index (χ2n) is 5.73. The second-order valence-corrected chi connectivity index (χ2v) is 5.73. The van der Waals surface area contributed by atoms with Crippen molar-refractivity contribution in [1.29, 1.82) is 0 Å². The first-order valence-corrected chi connectivity index (χ1v) is 7.81. The maximum atomic E-state index is 12.5. The van der Waals surface area contributed by atoms with Crippen molar-refractivity contribution in [2.75, 3.05) is 13.2 Å².